The van der Waals surface area contributed by atoms with Gasteiger partial charge in [0, 0.05) is 0 Å². The molecule has 0 atom stereocenters. The van der Waals surface area contributed by atoms with Gasteiger partial charge in [-0.25, -0.2) is 4.79 Å². The zero-order chi connectivity index (χ0) is 11.6. The second kappa shape index (κ2) is 3.94. The lowest BCUT2D eigenvalue weighted by Gasteiger charge is -2.17. The van der Waals surface area contributed by atoms with E-state index >= 15 is 0 Å². The molecule has 15 heavy (non-hydrogen) atoms. The lowest BCUT2D eigenvalue weighted by atomic mass is 10.2. The molecule has 82 valence electrons. The van der Waals surface area contributed by atoms with Crippen molar-refractivity contribution < 1.29 is 19.4 Å². The highest BCUT2D eigenvalue weighted by molar-refractivity contribution is 6.71. The van der Waals surface area contributed by atoms with E-state index in [0.29, 0.717) is 0 Å². The molecule has 0 spiro atoms. The lowest BCUT2D eigenvalue weighted by molar-refractivity contribution is 0.0721. The van der Waals surface area contributed by atoms with E-state index in [4.69, 9.17) is 4.43 Å². The lowest BCUT2D eigenvalue weighted by Crippen LogP contribution is -2.29. The van der Waals surface area contributed by atoms with E-state index in [2.05, 4.69) is 0 Å². The van der Waals surface area contributed by atoms with Crippen molar-refractivity contribution in [3.8, 4) is 11.5 Å². The van der Waals surface area contributed by atoms with Gasteiger partial charge in [0.25, 0.3) is 0 Å². The van der Waals surface area contributed by atoms with Crippen LogP contribution in [-0.2, 0) is 4.43 Å². The topological polar surface area (TPSA) is 66.8 Å². The van der Waals surface area contributed by atoms with E-state index in [1.54, 1.807) is 0 Å². The summed E-state index contributed by atoms with van der Waals surface area (Å²) in [6, 6.07) is 3.76. The first-order valence-corrected chi connectivity index (χ1v) is 7.96. The predicted molar refractivity (Wildman–Crippen MR) is 58.5 cm³/mol. The van der Waals surface area contributed by atoms with E-state index in [1.165, 1.54) is 18.2 Å². The van der Waals surface area contributed by atoms with Gasteiger partial charge in [0.05, 0.1) is 0 Å². The fourth-order valence-corrected chi connectivity index (χ4v) is 1.69. The smallest absolute Gasteiger partial charge is 0.328 e. The molecular formula is C10H14O4Si. The zero-order valence-electron chi connectivity index (χ0n) is 8.94. The maximum Gasteiger partial charge on any atom is 0.328 e. The Hall–Kier alpha value is -1.49. The number of carbonyl (C=O) groups is 1. The van der Waals surface area contributed by atoms with Gasteiger partial charge in [0.15, 0.2) is 0 Å². The number of aromatic hydroxyl groups is 2. The van der Waals surface area contributed by atoms with Crippen LogP contribution in [-0.4, -0.2) is 24.5 Å². The highest BCUT2D eigenvalue weighted by atomic mass is 28.4. The third kappa shape index (κ3) is 3.28. The SMILES string of the molecule is C[Si](C)(C)OC(=O)c1cc(O)ccc1O. The van der Waals surface area contributed by atoms with Crippen LogP contribution in [0.2, 0.25) is 19.6 Å². The second-order valence-electron chi connectivity index (χ2n) is 4.20. The molecule has 0 amide bonds. The summed E-state index contributed by atoms with van der Waals surface area (Å²) in [5.41, 5.74) is -0.00238. The van der Waals surface area contributed by atoms with E-state index in [9.17, 15) is 15.0 Å². The minimum absolute atomic E-state index is 0.00238. The minimum atomic E-state index is -1.99. The minimum Gasteiger partial charge on any atom is -0.516 e. The first-order valence-electron chi connectivity index (χ1n) is 4.55. The van der Waals surface area contributed by atoms with Crippen LogP contribution in [0.3, 0.4) is 0 Å². The molecule has 0 aliphatic carbocycles. The Balaban J connectivity index is 2.96. The molecule has 0 saturated heterocycles. The quantitative estimate of drug-likeness (QED) is 0.598. The van der Waals surface area contributed by atoms with Crippen molar-refractivity contribution in [2.24, 2.45) is 0 Å². The summed E-state index contributed by atoms with van der Waals surface area (Å²) < 4.78 is 5.19. The summed E-state index contributed by atoms with van der Waals surface area (Å²) in [4.78, 5) is 11.6. The van der Waals surface area contributed by atoms with E-state index in [-0.39, 0.29) is 17.1 Å². The normalized spacial score (nSPS) is 11.1. The van der Waals surface area contributed by atoms with Gasteiger partial charge in [-0.15, -0.1) is 0 Å². The van der Waals surface area contributed by atoms with Crippen LogP contribution < -0.4 is 0 Å². The van der Waals surface area contributed by atoms with Crippen LogP contribution in [0, 0.1) is 0 Å². The molecule has 5 heteroatoms. The van der Waals surface area contributed by atoms with E-state index < -0.39 is 14.3 Å². The highest BCUT2D eigenvalue weighted by Crippen LogP contribution is 2.23. The summed E-state index contributed by atoms with van der Waals surface area (Å²) in [5.74, 6) is -0.853. The predicted octanol–water partition coefficient (Wildman–Crippen LogP) is 2.09. The first kappa shape index (κ1) is 11.6. The van der Waals surface area contributed by atoms with Crippen LogP contribution in [0.15, 0.2) is 18.2 Å². The monoisotopic (exact) mass is 226 g/mol. The molecule has 0 unspecified atom stereocenters. The molecule has 0 fully saturated rings. The summed E-state index contributed by atoms with van der Waals surface area (Å²) in [6.45, 7) is 5.60. The maximum absolute atomic E-state index is 11.6. The van der Waals surface area contributed by atoms with Gasteiger partial charge in [-0.05, 0) is 37.8 Å². The highest BCUT2D eigenvalue weighted by Gasteiger charge is 2.23. The Morgan fingerprint density at radius 1 is 1.27 bits per heavy atom. The van der Waals surface area contributed by atoms with Crippen LogP contribution in [0.1, 0.15) is 10.4 Å². The van der Waals surface area contributed by atoms with Gasteiger partial charge in [-0.2, -0.15) is 0 Å². The second-order valence-corrected chi connectivity index (χ2v) is 8.63. The number of carbonyl (C=O) groups excluding carboxylic acids is 1. The largest absolute Gasteiger partial charge is 0.516 e. The van der Waals surface area contributed by atoms with E-state index in [1.807, 2.05) is 19.6 Å². The van der Waals surface area contributed by atoms with Crippen LogP contribution in [0.25, 0.3) is 0 Å². The van der Waals surface area contributed by atoms with Gasteiger partial charge in [0.1, 0.15) is 17.1 Å². The molecule has 0 radical (unpaired) electrons. The summed E-state index contributed by atoms with van der Waals surface area (Å²) in [6.07, 6.45) is 0. The number of phenolic OH excluding ortho intramolecular Hbond substituents is 2. The molecule has 0 heterocycles. The summed E-state index contributed by atoms with van der Waals surface area (Å²) in [7, 11) is -1.99. The summed E-state index contributed by atoms with van der Waals surface area (Å²) >= 11 is 0. The van der Waals surface area contributed by atoms with Crippen LogP contribution in [0.4, 0.5) is 0 Å². The van der Waals surface area contributed by atoms with Crippen molar-refractivity contribution in [3.63, 3.8) is 0 Å². The van der Waals surface area contributed by atoms with Gasteiger partial charge < -0.3 is 14.6 Å². The Morgan fingerprint density at radius 2 is 1.87 bits per heavy atom. The Bertz CT molecular complexity index is 381. The van der Waals surface area contributed by atoms with Gasteiger partial charge >= 0.3 is 5.97 Å². The molecule has 1 rings (SSSR count). The fraction of sp³-hybridized carbons (Fsp3) is 0.300. The standard InChI is InChI=1S/C10H14O4Si/c1-15(2,3)14-10(13)8-6-7(11)4-5-9(8)12/h4-6,11-12H,1-3H3. The van der Waals surface area contributed by atoms with Crippen molar-refractivity contribution in [1.29, 1.82) is 0 Å². The molecular weight excluding hydrogens is 212 g/mol. The average molecular weight is 226 g/mol. The van der Waals surface area contributed by atoms with Crippen molar-refractivity contribution in [2.75, 3.05) is 0 Å². The molecule has 2 N–H and O–H groups in total. The van der Waals surface area contributed by atoms with Crippen molar-refractivity contribution in [3.05, 3.63) is 23.8 Å². The molecule has 1 aromatic rings. The van der Waals surface area contributed by atoms with Crippen molar-refractivity contribution in [2.45, 2.75) is 19.6 Å². The molecule has 1 aromatic carbocycles. The third-order valence-corrected chi connectivity index (χ3v) is 2.40. The average Bonchev–Trinajstić information content (AvgIpc) is 2.06. The fourth-order valence-electron chi connectivity index (χ4n) is 1.02. The molecule has 4 nitrogen and oxygen atoms in total. The molecule has 0 aromatic heterocycles. The molecule has 0 saturated carbocycles. The molecule has 0 aliphatic heterocycles. The Labute approximate surface area is 89.3 Å². The van der Waals surface area contributed by atoms with Crippen molar-refractivity contribution in [1.82, 2.24) is 0 Å². The number of benzene rings is 1. The van der Waals surface area contributed by atoms with Gasteiger partial charge in [-0.1, -0.05) is 0 Å². The van der Waals surface area contributed by atoms with E-state index in [0.717, 1.165) is 0 Å². The first-order chi connectivity index (χ1) is 6.79. The van der Waals surface area contributed by atoms with Crippen molar-refractivity contribution >= 4 is 14.3 Å². The maximum atomic E-state index is 11.6. The number of hydrogen-bond acceptors (Lipinski definition) is 4. The molecule has 0 aliphatic rings. The van der Waals surface area contributed by atoms with Crippen LogP contribution in [0.5, 0.6) is 11.5 Å². The number of phenols is 2. The number of rotatable bonds is 2. The summed E-state index contributed by atoms with van der Waals surface area (Å²) in [5, 5.41) is 18.6. The molecule has 0 bridgehead atoms. The third-order valence-electron chi connectivity index (χ3n) is 1.60. The van der Waals surface area contributed by atoms with Gasteiger partial charge in [-0.3, -0.25) is 0 Å². The Morgan fingerprint density at radius 3 is 2.40 bits per heavy atom. The van der Waals surface area contributed by atoms with Crippen LogP contribution >= 0.6 is 0 Å². The van der Waals surface area contributed by atoms with Gasteiger partial charge in [0.2, 0.25) is 8.32 Å². The number of hydrogen-bond donors (Lipinski definition) is 2. The zero-order valence-corrected chi connectivity index (χ0v) is 9.94. The Kier molecular flexibility index (Phi) is 3.04.